The summed E-state index contributed by atoms with van der Waals surface area (Å²) in [4.78, 5) is 27.7. The van der Waals surface area contributed by atoms with Crippen molar-refractivity contribution in [1.29, 1.82) is 1.43 Å². The van der Waals surface area contributed by atoms with Crippen LogP contribution in [0.1, 0.15) is 68.5 Å². The summed E-state index contributed by atoms with van der Waals surface area (Å²) < 4.78 is 42.6. The van der Waals surface area contributed by atoms with Gasteiger partial charge in [0.2, 0.25) is 1.43 Å². The van der Waals surface area contributed by atoms with Crippen LogP contribution in [0.3, 0.4) is 0 Å². The number of hydrogen-bond acceptors (Lipinski definition) is 10. The number of H-pyrrole nitrogens is 1. The van der Waals surface area contributed by atoms with Crippen LogP contribution in [0.4, 0.5) is 0 Å². The van der Waals surface area contributed by atoms with Crippen LogP contribution in [0.15, 0.2) is 51.0 Å². The van der Waals surface area contributed by atoms with E-state index in [2.05, 4.69) is 81.4 Å². The highest BCUT2D eigenvalue weighted by Crippen LogP contribution is 2.50. The summed E-state index contributed by atoms with van der Waals surface area (Å²) in [5, 5.41) is 3.50. The van der Waals surface area contributed by atoms with E-state index >= 15 is 0 Å². The standard InChI is InChI=1S/C28H44N3O6PS2.CH4O/c1-18(2)31(19(3)4)38(35-17-15-21-12-10-11-13-22(21)39-40-28(6,7)8)37-24-20(5)36-26(25(24)34-9)30-16-14-23(32)29-27(30)33;1-2/h10-14,16,18-20,24-26H,15,17H2,1-9H3,(H,29,32,33);2H,1H3/i5D;2T. The molecule has 0 bridgehead atoms. The van der Waals surface area contributed by atoms with Gasteiger partial charge in [-0.15, -0.1) is 0 Å². The second kappa shape index (κ2) is 17.3. The van der Waals surface area contributed by atoms with E-state index in [0.717, 1.165) is 0 Å². The predicted octanol–water partition coefficient (Wildman–Crippen LogP) is 5.61. The first-order valence-electron chi connectivity index (χ1n) is 15.0. The summed E-state index contributed by atoms with van der Waals surface area (Å²) in [6, 6.07) is 9.89. The Bertz CT molecular complexity index is 1240. The van der Waals surface area contributed by atoms with Gasteiger partial charge in [0, 0.05) is 49.6 Å². The zero-order valence-electron chi connectivity index (χ0n) is 28.1. The number of aliphatic hydroxyl groups excluding tert-OH is 1. The van der Waals surface area contributed by atoms with Crippen molar-refractivity contribution in [2.75, 3.05) is 20.8 Å². The minimum atomic E-state index is -1.58. The minimum Gasteiger partial charge on any atom is -0.400 e. The second-order valence-corrected chi connectivity index (χ2v) is 15.5. The third-order valence-electron chi connectivity index (χ3n) is 6.07. The van der Waals surface area contributed by atoms with E-state index in [0.29, 0.717) is 13.0 Å². The number of nitrogens with one attached hydrogen (secondary N) is 1. The topological polar surface area (TPSA) is 115 Å². The largest absolute Gasteiger partial charge is 0.400 e. The molecule has 0 amide bonds. The Labute approximate surface area is 262 Å². The molecule has 1 saturated heterocycles. The zero-order chi connectivity index (χ0) is 33.0. The van der Waals surface area contributed by atoms with Crippen molar-refractivity contribution in [3.8, 4) is 0 Å². The number of ether oxygens (including phenoxy) is 2. The van der Waals surface area contributed by atoms with Gasteiger partial charge in [0.25, 0.3) is 14.1 Å². The van der Waals surface area contributed by atoms with Gasteiger partial charge >= 0.3 is 5.69 Å². The monoisotopic (exact) mass is 648 g/mol. The van der Waals surface area contributed by atoms with Crippen LogP contribution in [0.5, 0.6) is 0 Å². The van der Waals surface area contributed by atoms with Crippen LogP contribution in [0, 0.1) is 0 Å². The van der Waals surface area contributed by atoms with E-state index in [1.54, 1.807) is 10.8 Å². The lowest BCUT2D eigenvalue weighted by atomic mass is 10.1. The molecule has 1 aliphatic heterocycles. The van der Waals surface area contributed by atoms with Gasteiger partial charge in [-0.05, 0) is 52.6 Å². The van der Waals surface area contributed by atoms with Crippen LogP contribution in [0.25, 0.3) is 0 Å². The van der Waals surface area contributed by atoms with E-state index in [4.69, 9.17) is 21.3 Å². The number of aromatic amines is 1. The minimum absolute atomic E-state index is 0.0955. The first kappa shape index (κ1) is 33.7. The molecule has 0 aliphatic carbocycles. The molecule has 42 heavy (non-hydrogen) atoms. The molecular weight excluding hydrogens is 597 g/mol. The number of rotatable bonds is 13. The van der Waals surface area contributed by atoms with Crippen LogP contribution in [0.2, 0.25) is 0 Å². The molecule has 0 spiro atoms. The van der Waals surface area contributed by atoms with Gasteiger partial charge in [0.15, 0.2) is 6.23 Å². The molecule has 13 heteroatoms. The van der Waals surface area contributed by atoms with E-state index in [9.17, 15) is 9.59 Å². The molecule has 3 rings (SSSR count). The van der Waals surface area contributed by atoms with Crippen molar-refractivity contribution in [2.24, 2.45) is 0 Å². The summed E-state index contributed by atoms with van der Waals surface area (Å²) in [5.74, 6) is 0. The Balaban J connectivity index is 0.00000216. The van der Waals surface area contributed by atoms with Crippen molar-refractivity contribution in [3.63, 3.8) is 0 Å². The van der Waals surface area contributed by atoms with E-state index < -0.39 is 44.3 Å². The maximum Gasteiger partial charge on any atom is 0.330 e. The van der Waals surface area contributed by atoms with E-state index in [-0.39, 0.29) is 23.7 Å². The van der Waals surface area contributed by atoms with Crippen molar-refractivity contribution in [3.05, 3.63) is 62.9 Å². The molecule has 2 N–H and O–H groups in total. The number of aromatic nitrogens is 2. The summed E-state index contributed by atoms with van der Waals surface area (Å²) in [7, 11) is 4.86. The average molecular weight is 649 g/mol. The molecule has 2 aromatic rings. The zero-order valence-corrected chi connectivity index (χ0v) is 28.6. The van der Waals surface area contributed by atoms with Crippen LogP contribution >= 0.6 is 30.1 Å². The summed E-state index contributed by atoms with van der Waals surface area (Å²) >= 11 is 0. The summed E-state index contributed by atoms with van der Waals surface area (Å²) in [6.07, 6.45) is -0.800. The lowest BCUT2D eigenvalue weighted by Gasteiger charge is -2.38. The van der Waals surface area contributed by atoms with Gasteiger partial charge in [-0.1, -0.05) is 60.6 Å². The van der Waals surface area contributed by atoms with Gasteiger partial charge in [-0.2, -0.15) is 0 Å². The average Bonchev–Trinajstić information content (AvgIpc) is 3.28. The second-order valence-electron chi connectivity index (χ2n) is 11.1. The fourth-order valence-electron chi connectivity index (χ4n) is 4.36. The number of hydrogen-bond donors (Lipinski definition) is 2. The van der Waals surface area contributed by atoms with Gasteiger partial charge in [0.1, 0.15) is 12.2 Å². The number of nitrogens with zero attached hydrogens (tertiary/aromatic N) is 2. The van der Waals surface area contributed by atoms with Crippen LogP contribution < -0.4 is 11.2 Å². The maximum absolute atomic E-state index is 12.6. The molecule has 1 aliphatic rings. The van der Waals surface area contributed by atoms with Crippen LogP contribution in [-0.4, -0.2) is 76.7 Å². The molecule has 5 atom stereocenters. The SMILES string of the molecule is [2H]CC1OC(n2ccc(=O)[nH]c2=O)C(OC)C1OP(OCCc1ccccc1SSC(C)(C)C)N(C(C)C)C(C)C.[3H]OC. The molecular formula is C29H48N3O7PS2. The highest BCUT2D eigenvalue weighted by atomic mass is 33.1. The van der Waals surface area contributed by atoms with Crippen molar-refractivity contribution >= 4 is 30.1 Å². The third kappa shape index (κ3) is 10.5. The number of methoxy groups -OCH3 is 1. The molecule has 0 radical (unpaired) electrons. The lowest BCUT2D eigenvalue weighted by molar-refractivity contribution is -0.0510. The first-order chi connectivity index (χ1) is 20.8. The molecule has 0 saturated carbocycles. The Kier molecular flexibility index (Phi) is 13.9. The Morgan fingerprint density at radius 1 is 1.21 bits per heavy atom. The third-order valence-corrected chi connectivity index (χ3v) is 11.6. The molecule has 238 valence electrons. The smallest absolute Gasteiger partial charge is 0.330 e. The van der Waals surface area contributed by atoms with E-state index in [1.165, 1.54) is 41.5 Å². The van der Waals surface area contributed by atoms with Gasteiger partial charge in [-0.3, -0.25) is 14.3 Å². The van der Waals surface area contributed by atoms with Crippen molar-refractivity contribution in [2.45, 2.75) is 108 Å². The Morgan fingerprint density at radius 3 is 2.45 bits per heavy atom. The molecule has 2 heterocycles. The van der Waals surface area contributed by atoms with Gasteiger partial charge in [0.05, 0.1) is 12.7 Å². The fraction of sp³-hybridized carbons (Fsp3) is 0.655. The molecule has 1 fully saturated rings. The molecule has 1 aromatic carbocycles. The fourth-order valence-corrected chi connectivity index (χ4v) is 8.39. The Morgan fingerprint density at radius 2 is 1.88 bits per heavy atom. The van der Waals surface area contributed by atoms with Crippen LogP contribution in [-0.2, 0) is 24.9 Å². The highest BCUT2D eigenvalue weighted by molar-refractivity contribution is 8.77. The molecule has 10 nitrogen and oxygen atoms in total. The van der Waals surface area contributed by atoms with Crippen molar-refractivity contribution in [1.82, 2.24) is 14.2 Å². The summed E-state index contributed by atoms with van der Waals surface area (Å²) in [5.41, 5.74) is 0.103. The number of aliphatic hydroxyl groups is 1. The Hall–Kier alpha value is -1.21. The molecule has 5 unspecified atom stereocenters. The van der Waals surface area contributed by atoms with E-state index in [1.807, 2.05) is 16.9 Å². The normalized spacial score (nSPS) is 22.2. The predicted molar refractivity (Wildman–Crippen MR) is 173 cm³/mol. The number of benzene rings is 1. The molecule has 1 aromatic heterocycles. The van der Waals surface area contributed by atoms with Gasteiger partial charge in [-0.25, -0.2) is 9.46 Å². The highest BCUT2D eigenvalue weighted by Gasteiger charge is 2.47. The summed E-state index contributed by atoms with van der Waals surface area (Å²) in [6.45, 7) is 15.4. The quantitative estimate of drug-likeness (QED) is 0.210. The van der Waals surface area contributed by atoms with Crippen molar-refractivity contribution < 1.29 is 25.0 Å². The van der Waals surface area contributed by atoms with Gasteiger partial charge < -0.3 is 23.6 Å². The maximum atomic E-state index is 12.6. The lowest BCUT2D eigenvalue weighted by Crippen LogP contribution is -2.41. The first-order valence-corrected chi connectivity index (χ1v) is 17.2.